The SMILES string of the molecule is COC(=O)CN(Cc1cc[n+](C)cc1)C(=O)c1cc2ccccc2n1Cc1cccc(C(=N)N)c1.O=C([O-])C(F)(F)F. The Hall–Kier alpha value is -5.20. The molecule has 42 heavy (non-hydrogen) atoms. The summed E-state index contributed by atoms with van der Waals surface area (Å²) in [5.41, 5.74) is 9.46. The monoisotopic (exact) mass is 583 g/mol. The highest BCUT2D eigenvalue weighted by Crippen LogP contribution is 2.24. The predicted molar refractivity (Wildman–Crippen MR) is 144 cm³/mol. The second kappa shape index (κ2) is 13.4. The van der Waals surface area contributed by atoms with Crippen molar-refractivity contribution < 1.29 is 42.0 Å². The van der Waals surface area contributed by atoms with Crippen LogP contribution in [0.2, 0.25) is 0 Å². The van der Waals surface area contributed by atoms with E-state index in [1.165, 1.54) is 12.0 Å². The lowest BCUT2D eigenvalue weighted by molar-refractivity contribution is -0.671. The molecule has 1 amide bonds. The maximum absolute atomic E-state index is 13.9. The van der Waals surface area contributed by atoms with Crippen LogP contribution in [0.25, 0.3) is 10.9 Å². The van der Waals surface area contributed by atoms with Gasteiger partial charge in [-0.1, -0.05) is 36.4 Å². The predicted octanol–water partition coefficient (Wildman–Crippen LogP) is 1.91. The Kier molecular flexibility index (Phi) is 10.0. The van der Waals surface area contributed by atoms with Crippen molar-refractivity contribution in [2.45, 2.75) is 19.3 Å². The molecule has 0 aliphatic rings. The fraction of sp³-hybridized carbons (Fsp3) is 0.207. The number of esters is 1. The molecule has 10 nitrogen and oxygen atoms in total. The number of amides is 1. The Morgan fingerprint density at radius 3 is 2.26 bits per heavy atom. The van der Waals surface area contributed by atoms with Crippen LogP contribution < -0.4 is 15.4 Å². The first-order valence-corrected chi connectivity index (χ1v) is 12.4. The Balaban J connectivity index is 0.000000616. The van der Waals surface area contributed by atoms with Gasteiger partial charge < -0.3 is 29.8 Å². The van der Waals surface area contributed by atoms with Crippen LogP contribution in [0.4, 0.5) is 13.2 Å². The number of methoxy groups -OCH3 is 1. The number of benzene rings is 2. The molecule has 4 aromatic rings. The highest BCUT2D eigenvalue weighted by molar-refractivity contribution is 6.00. The van der Waals surface area contributed by atoms with Gasteiger partial charge in [-0.3, -0.25) is 15.0 Å². The number of nitrogen functional groups attached to an aromatic ring is 1. The van der Waals surface area contributed by atoms with Gasteiger partial charge in [0.1, 0.15) is 31.1 Å². The number of hydrogen-bond donors (Lipinski definition) is 2. The Morgan fingerprint density at radius 2 is 1.67 bits per heavy atom. The highest BCUT2D eigenvalue weighted by Gasteiger charge is 2.29. The minimum absolute atomic E-state index is 0.0129. The van der Waals surface area contributed by atoms with Gasteiger partial charge in [-0.25, -0.2) is 4.57 Å². The first-order valence-electron chi connectivity index (χ1n) is 12.4. The zero-order chi connectivity index (χ0) is 31.0. The smallest absolute Gasteiger partial charge is 0.430 e. The van der Waals surface area contributed by atoms with Gasteiger partial charge >= 0.3 is 12.1 Å². The maximum Gasteiger partial charge on any atom is 0.430 e. The minimum atomic E-state index is -5.19. The van der Waals surface area contributed by atoms with Gasteiger partial charge in [0.25, 0.3) is 5.91 Å². The topological polar surface area (TPSA) is 145 Å². The number of fused-ring (bicyclic) bond motifs is 1. The van der Waals surface area contributed by atoms with Gasteiger partial charge in [-0.2, -0.15) is 13.2 Å². The molecule has 0 atom stereocenters. The molecule has 0 aliphatic carbocycles. The number of alkyl halides is 3. The van der Waals surface area contributed by atoms with E-state index in [-0.39, 0.29) is 24.8 Å². The summed E-state index contributed by atoms with van der Waals surface area (Å²) in [5.74, 6) is -3.78. The van der Waals surface area contributed by atoms with E-state index < -0.39 is 18.1 Å². The molecule has 2 aromatic heterocycles. The Labute approximate surface area is 238 Å². The van der Waals surface area contributed by atoms with Crippen molar-refractivity contribution in [1.29, 1.82) is 5.41 Å². The number of carbonyl (C=O) groups is 3. The summed E-state index contributed by atoms with van der Waals surface area (Å²) in [5, 5.41) is 17.5. The van der Waals surface area contributed by atoms with Crippen molar-refractivity contribution in [3.8, 4) is 0 Å². The lowest BCUT2D eigenvalue weighted by Gasteiger charge is -2.22. The van der Waals surface area contributed by atoms with Crippen molar-refractivity contribution in [2.75, 3.05) is 13.7 Å². The number of nitrogens with one attached hydrogen (secondary N) is 1. The molecule has 2 aromatic carbocycles. The number of ether oxygens (including phenoxy) is 1. The van der Waals surface area contributed by atoms with E-state index in [0.29, 0.717) is 17.8 Å². The fourth-order valence-electron chi connectivity index (χ4n) is 4.02. The standard InChI is InChI=1S/C27H28N5O3.C2HF3O2/c1-30-12-10-19(11-13-30)16-31(18-25(33)35-2)27(34)24-15-21-7-3-4-9-23(21)32(24)17-20-6-5-8-22(14-20)26(28)29;3-2(4,5)1(6)7/h3-15H,16-18H2,1-2H3,(H3,28,29);(H,6,7)/q+1;/p-1. The Morgan fingerprint density at radius 1 is 1.02 bits per heavy atom. The number of amidine groups is 1. The largest absolute Gasteiger partial charge is 0.542 e. The van der Waals surface area contributed by atoms with E-state index in [2.05, 4.69) is 0 Å². The van der Waals surface area contributed by atoms with Crippen molar-refractivity contribution in [3.05, 3.63) is 102 Å². The average Bonchev–Trinajstić information content (AvgIpc) is 3.31. The van der Waals surface area contributed by atoms with E-state index in [1.807, 2.05) is 89.2 Å². The number of rotatable bonds is 8. The molecule has 4 rings (SSSR count). The number of pyridine rings is 1. The lowest BCUT2D eigenvalue weighted by atomic mass is 10.1. The fourth-order valence-corrected chi connectivity index (χ4v) is 4.02. The van der Waals surface area contributed by atoms with E-state index >= 15 is 0 Å². The first-order chi connectivity index (χ1) is 19.8. The third-order valence-corrected chi connectivity index (χ3v) is 6.10. The summed E-state index contributed by atoms with van der Waals surface area (Å²) in [7, 11) is 3.23. The van der Waals surface area contributed by atoms with Crippen LogP contribution in [-0.4, -0.2) is 53.0 Å². The van der Waals surface area contributed by atoms with Crippen LogP contribution in [0.15, 0.2) is 79.1 Å². The summed E-state index contributed by atoms with van der Waals surface area (Å²) in [6, 6.07) is 20.9. The zero-order valence-corrected chi connectivity index (χ0v) is 22.7. The number of halogens is 3. The second-order valence-corrected chi connectivity index (χ2v) is 9.18. The number of aryl methyl sites for hydroxylation is 1. The van der Waals surface area contributed by atoms with Crippen molar-refractivity contribution >= 4 is 34.6 Å². The molecule has 0 spiro atoms. The van der Waals surface area contributed by atoms with Crippen LogP contribution in [0.5, 0.6) is 0 Å². The van der Waals surface area contributed by atoms with E-state index in [0.717, 1.165) is 22.0 Å². The van der Waals surface area contributed by atoms with Crippen LogP contribution in [-0.2, 0) is 34.5 Å². The van der Waals surface area contributed by atoms with E-state index in [9.17, 15) is 22.8 Å². The zero-order valence-electron chi connectivity index (χ0n) is 22.7. The summed E-state index contributed by atoms with van der Waals surface area (Å²) in [4.78, 5) is 36.3. The molecule has 220 valence electrons. The van der Waals surface area contributed by atoms with Gasteiger partial charge in [0.2, 0.25) is 0 Å². The molecular weight excluding hydrogens is 555 g/mol. The number of aromatic nitrogens is 2. The summed E-state index contributed by atoms with van der Waals surface area (Å²) >= 11 is 0. The van der Waals surface area contributed by atoms with E-state index in [1.54, 1.807) is 6.07 Å². The molecular formula is C29H28F3N5O5. The van der Waals surface area contributed by atoms with Crippen molar-refractivity contribution in [2.24, 2.45) is 12.8 Å². The highest BCUT2D eigenvalue weighted by atomic mass is 19.4. The maximum atomic E-state index is 13.9. The summed E-state index contributed by atoms with van der Waals surface area (Å²) < 4.78 is 40.3. The van der Waals surface area contributed by atoms with Gasteiger partial charge in [0, 0.05) is 41.7 Å². The molecule has 0 unspecified atom stereocenters. The number of carboxylic acid groups (broad SMARTS) is 1. The van der Waals surface area contributed by atoms with Gasteiger partial charge in [-0.05, 0) is 29.3 Å². The lowest BCUT2D eigenvalue weighted by Crippen LogP contribution is -2.37. The van der Waals surface area contributed by atoms with Crippen LogP contribution in [0.1, 0.15) is 27.2 Å². The Bertz CT molecular complexity index is 1600. The van der Waals surface area contributed by atoms with Crippen LogP contribution >= 0.6 is 0 Å². The number of carbonyl (C=O) groups excluding carboxylic acids is 3. The number of nitrogens with zero attached hydrogens (tertiary/aromatic N) is 3. The van der Waals surface area contributed by atoms with Crippen LogP contribution in [0.3, 0.4) is 0 Å². The molecule has 0 aliphatic heterocycles. The molecule has 3 N–H and O–H groups in total. The molecule has 0 radical (unpaired) electrons. The summed E-state index contributed by atoms with van der Waals surface area (Å²) in [6.07, 6.45) is -1.40. The average molecular weight is 584 g/mol. The quantitative estimate of drug-likeness (QED) is 0.140. The van der Waals surface area contributed by atoms with Crippen molar-refractivity contribution in [1.82, 2.24) is 9.47 Å². The number of hydrogen-bond acceptors (Lipinski definition) is 6. The molecule has 0 bridgehead atoms. The second-order valence-electron chi connectivity index (χ2n) is 9.18. The van der Waals surface area contributed by atoms with Gasteiger partial charge in [-0.15, -0.1) is 0 Å². The number of para-hydroxylation sites is 1. The van der Waals surface area contributed by atoms with Gasteiger partial charge in [0.05, 0.1) is 7.11 Å². The molecule has 0 fully saturated rings. The number of aliphatic carboxylic acids is 1. The molecule has 13 heteroatoms. The summed E-state index contributed by atoms with van der Waals surface area (Å²) in [6.45, 7) is 0.497. The first kappa shape index (κ1) is 31.3. The normalized spacial score (nSPS) is 10.9. The molecule has 2 heterocycles. The van der Waals surface area contributed by atoms with Gasteiger partial charge in [0.15, 0.2) is 12.4 Å². The van der Waals surface area contributed by atoms with E-state index in [4.69, 9.17) is 25.8 Å². The molecule has 0 saturated heterocycles. The molecule has 0 saturated carbocycles. The third kappa shape index (κ3) is 8.16. The van der Waals surface area contributed by atoms with Crippen molar-refractivity contribution in [3.63, 3.8) is 0 Å². The number of nitrogens with two attached hydrogens (primary N) is 1. The third-order valence-electron chi connectivity index (χ3n) is 6.10. The minimum Gasteiger partial charge on any atom is -0.542 e. The number of carboxylic acids is 1. The van der Waals surface area contributed by atoms with Crippen LogP contribution in [0, 0.1) is 5.41 Å².